The fourth-order valence-corrected chi connectivity index (χ4v) is 2.69. The monoisotopic (exact) mass is 405 g/mol. The molecule has 0 saturated carbocycles. The standard InChI is InChI=1S/C23H23N3O4/c1-18-7-2-4-9-22(18)29-15-6-16-30-23-10-5-3-8-19(23)17-24-25-20-11-13-21(14-12-20)26(27)28/h2-5,7-14,17,25H,6,15-16H2,1H3/b24-17+. The number of ether oxygens (including phenoxy) is 2. The zero-order valence-corrected chi connectivity index (χ0v) is 16.7. The smallest absolute Gasteiger partial charge is 0.269 e. The molecule has 0 bridgehead atoms. The Morgan fingerprint density at radius 1 is 0.933 bits per heavy atom. The molecule has 3 aromatic rings. The Morgan fingerprint density at radius 3 is 2.27 bits per heavy atom. The molecule has 30 heavy (non-hydrogen) atoms. The number of aryl methyl sites for hydroxylation is 1. The van der Waals surface area contributed by atoms with Crippen molar-refractivity contribution in [1.29, 1.82) is 0 Å². The lowest BCUT2D eigenvalue weighted by molar-refractivity contribution is -0.384. The third-order valence-electron chi connectivity index (χ3n) is 4.29. The fraction of sp³-hybridized carbons (Fsp3) is 0.174. The van der Waals surface area contributed by atoms with Crippen molar-refractivity contribution in [1.82, 2.24) is 0 Å². The van der Waals surface area contributed by atoms with Crippen LogP contribution in [0.1, 0.15) is 17.5 Å². The maximum absolute atomic E-state index is 10.7. The summed E-state index contributed by atoms with van der Waals surface area (Å²) >= 11 is 0. The summed E-state index contributed by atoms with van der Waals surface area (Å²) in [5, 5.41) is 14.9. The van der Waals surface area contributed by atoms with E-state index in [1.165, 1.54) is 12.1 Å². The van der Waals surface area contributed by atoms with E-state index in [0.717, 1.165) is 29.0 Å². The van der Waals surface area contributed by atoms with Gasteiger partial charge < -0.3 is 9.47 Å². The van der Waals surface area contributed by atoms with E-state index in [1.807, 2.05) is 55.5 Å². The molecule has 154 valence electrons. The van der Waals surface area contributed by atoms with Crippen molar-refractivity contribution >= 4 is 17.6 Å². The van der Waals surface area contributed by atoms with Gasteiger partial charge in [0.15, 0.2) is 0 Å². The number of anilines is 1. The second-order valence-corrected chi connectivity index (χ2v) is 6.53. The predicted molar refractivity (Wildman–Crippen MR) is 118 cm³/mol. The predicted octanol–water partition coefficient (Wildman–Crippen LogP) is 5.20. The molecule has 0 spiro atoms. The van der Waals surface area contributed by atoms with Gasteiger partial charge in [-0.15, -0.1) is 0 Å². The van der Waals surface area contributed by atoms with Crippen LogP contribution in [0.4, 0.5) is 11.4 Å². The van der Waals surface area contributed by atoms with Gasteiger partial charge >= 0.3 is 0 Å². The Labute approximate surface area is 175 Å². The average molecular weight is 405 g/mol. The minimum absolute atomic E-state index is 0.0367. The number of nitrogens with one attached hydrogen (secondary N) is 1. The summed E-state index contributed by atoms with van der Waals surface area (Å²) in [6, 6.07) is 21.6. The second kappa shape index (κ2) is 10.6. The van der Waals surface area contributed by atoms with Gasteiger partial charge in [-0.2, -0.15) is 5.10 Å². The van der Waals surface area contributed by atoms with E-state index in [4.69, 9.17) is 9.47 Å². The van der Waals surface area contributed by atoms with Crippen molar-refractivity contribution in [2.24, 2.45) is 5.10 Å². The average Bonchev–Trinajstić information content (AvgIpc) is 2.76. The minimum atomic E-state index is -0.438. The molecule has 7 heteroatoms. The molecule has 0 fully saturated rings. The number of rotatable bonds is 10. The summed E-state index contributed by atoms with van der Waals surface area (Å²) in [5.74, 6) is 1.62. The van der Waals surface area contributed by atoms with Gasteiger partial charge in [0.1, 0.15) is 11.5 Å². The summed E-state index contributed by atoms with van der Waals surface area (Å²) < 4.78 is 11.7. The zero-order valence-electron chi connectivity index (χ0n) is 16.7. The van der Waals surface area contributed by atoms with Crippen LogP contribution in [0.25, 0.3) is 0 Å². The largest absolute Gasteiger partial charge is 0.493 e. The highest BCUT2D eigenvalue weighted by molar-refractivity contribution is 5.84. The number of nitro groups is 1. The van der Waals surface area contributed by atoms with Crippen molar-refractivity contribution in [3.8, 4) is 11.5 Å². The number of para-hydroxylation sites is 2. The first-order valence-corrected chi connectivity index (χ1v) is 9.57. The molecule has 0 radical (unpaired) electrons. The first kappa shape index (κ1) is 20.9. The first-order chi connectivity index (χ1) is 14.6. The number of benzene rings is 3. The van der Waals surface area contributed by atoms with Gasteiger partial charge in [-0.1, -0.05) is 30.3 Å². The van der Waals surface area contributed by atoms with Crippen LogP contribution in [-0.2, 0) is 0 Å². The highest BCUT2D eigenvalue weighted by Gasteiger charge is 2.04. The van der Waals surface area contributed by atoms with E-state index in [0.29, 0.717) is 18.9 Å². The van der Waals surface area contributed by atoms with Crippen LogP contribution in [-0.4, -0.2) is 24.4 Å². The van der Waals surface area contributed by atoms with E-state index in [9.17, 15) is 10.1 Å². The van der Waals surface area contributed by atoms with Crippen LogP contribution in [0.2, 0.25) is 0 Å². The third-order valence-corrected chi connectivity index (χ3v) is 4.29. The normalized spacial score (nSPS) is 10.7. The molecule has 0 unspecified atom stereocenters. The van der Waals surface area contributed by atoms with Gasteiger partial charge in [0, 0.05) is 24.1 Å². The topological polar surface area (TPSA) is 86.0 Å². The van der Waals surface area contributed by atoms with E-state index in [1.54, 1.807) is 18.3 Å². The maximum atomic E-state index is 10.7. The van der Waals surface area contributed by atoms with Gasteiger partial charge in [-0.3, -0.25) is 15.5 Å². The van der Waals surface area contributed by atoms with Gasteiger partial charge in [0.25, 0.3) is 5.69 Å². The Balaban J connectivity index is 1.48. The molecule has 0 aliphatic carbocycles. The van der Waals surface area contributed by atoms with Crippen LogP contribution in [0.3, 0.4) is 0 Å². The minimum Gasteiger partial charge on any atom is -0.493 e. The highest BCUT2D eigenvalue weighted by Crippen LogP contribution is 2.19. The number of nitro benzene ring substituents is 1. The lowest BCUT2D eigenvalue weighted by Crippen LogP contribution is -2.06. The van der Waals surface area contributed by atoms with Crippen LogP contribution in [0.15, 0.2) is 77.9 Å². The van der Waals surface area contributed by atoms with Gasteiger partial charge in [0.05, 0.1) is 30.0 Å². The lowest BCUT2D eigenvalue weighted by Gasteiger charge is -2.11. The summed E-state index contributed by atoms with van der Waals surface area (Å²) in [7, 11) is 0. The first-order valence-electron chi connectivity index (χ1n) is 9.57. The van der Waals surface area contributed by atoms with E-state index < -0.39 is 4.92 Å². The van der Waals surface area contributed by atoms with Crippen molar-refractivity contribution in [3.05, 3.63) is 94.0 Å². The van der Waals surface area contributed by atoms with Crippen LogP contribution < -0.4 is 14.9 Å². The number of hydrogen-bond acceptors (Lipinski definition) is 6. The van der Waals surface area contributed by atoms with Crippen molar-refractivity contribution in [3.63, 3.8) is 0 Å². The van der Waals surface area contributed by atoms with E-state index in [-0.39, 0.29) is 5.69 Å². The van der Waals surface area contributed by atoms with Gasteiger partial charge in [-0.25, -0.2) is 0 Å². The maximum Gasteiger partial charge on any atom is 0.269 e. The molecule has 0 saturated heterocycles. The molecule has 0 aromatic heterocycles. The summed E-state index contributed by atoms with van der Waals surface area (Å²) in [4.78, 5) is 10.3. The SMILES string of the molecule is Cc1ccccc1OCCCOc1ccccc1/C=N/Nc1ccc([N+](=O)[O-])cc1. The Hall–Kier alpha value is -3.87. The molecular weight excluding hydrogens is 382 g/mol. The number of non-ortho nitro benzene ring substituents is 1. The van der Waals surface area contributed by atoms with Gasteiger partial charge in [0.2, 0.25) is 0 Å². The Kier molecular flexibility index (Phi) is 7.38. The van der Waals surface area contributed by atoms with E-state index in [2.05, 4.69) is 10.5 Å². The number of nitrogens with zero attached hydrogens (tertiary/aromatic N) is 2. The molecule has 0 heterocycles. The number of hydrogen-bond donors (Lipinski definition) is 1. The van der Waals surface area contributed by atoms with Gasteiger partial charge in [-0.05, 0) is 42.8 Å². The van der Waals surface area contributed by atoms with Crippen LogP contribution in [0.5, 0.6) is 11.5 Å². The molecule has 0 aliphatic heterocycles. The zero-order chi connectivity index (χ0) is 21.2. The van der Waals surface area contributed by atoms with Crippen molar-refractivity contribution in [2.75, 3.05) is 18.6 Å². The van der Waals surface area contributed by atoms with Crippen LogP contribution in [0, 0.1) is 17.0 Å². The molecule has 0 amide bonds. The van der Waals surface area contributed by atoms with E-state index >= 15 is 0 Å². The molecular formula is C23H23N3O4. The molecule has 3 rings (SSSR count). The quantitative estimate of drug-likeness (QED) is 0.217. The fourth-order valence-electron chi connectivity index (χ4n) is 2.69. The Bertz CT molecular complexity index is 1000. The number of hydrazone groups is 1. The van der Waals surface area contributed by atoms with Crippen molar-refractivity contribution in [2.45, 2.75) is 13.3 Å². The summed E-state index contributed by atoms with van der Waals surface area (Å²) in [6.07, 6.45) is 2.40. The summed E-state index contributed by atoms with van der Waals surface area (Å²) in [5.41, 5.74) is 5.49. The van der Waals surface area contributed by atoms with Crippen LogP contribution >= 0.6 is 0 Å². The molecule has 3 aromatic carbocycles. The molecule has 1 N–H and O–H groups in total. The highest BCUT2D eigenvalue weighted by atomic mass is 16.6. The lowest BCUT2D eigenvalue weighted by atomic mass is 10.2. The van der Waals surface area contributed by atoms with Crippen molar-refractivity contribution < 1.29 is 14.4 Å². The second-order valence-electron chi connectivity index (χ2n) is 6.53. The third kappa shape index (κ3) is 6.07. The molecule has 0 atom stereocenters. The molecule has 0 aliphatic rings. The Morgan fingerprint density at radius 2 is 1.57 bits per heavy atom. The summed E-state index contributed by atoms with van der Waals surface area (Å²) in [6.45, 7) is 3.11. The molecule has 7 nitrogen and oxygen atoms in total.